The maximum Gasteiger partial charge on any atom is 0.266 e. The van der Waals surface area contributed by atoms with Gasteiger partial charge in [-0.1, -0.05) is 36.4 Å². The van der Waals surface area contributed by atoms with E-state index in [9.17, 15) is 19.2 Å². The lowest BCUT2D eigenvalue weighted by Gasteiger charge is -2.17. The molecule has 8 heteroatoms. The molecule has 5 aromatic carbocycles. The first-order chi connectivity index (χ1) is 22.0. The summed E-state index contributed by atoms with van der Waals surface area (Å²) in [7, 11) is 0. The maximum atomic E-state index is 13.6. The number of nitrogen functional groups attached to an aromatic ring is 2. The Morgan fingerprint density at radius 3 is 1.10 bits per heavy atom. The molecule has 0 fully saturated rings. The van der Waals surface area contributed by atoms with E-state index in [1.165, 1.54) is 24.3 Å². The molecule has 0 atom stereocenters. The Balaban J connectivity index is 1.27. The molecule has 4 N–H and O–H groups in total. The van der Waals surface area contributed by atoms with Crippen molar-refractivity contribution in [1.29, 1.82) is 0 Å². The van der Waals surface area contributed by atoms with E-state index in [1.807, 2.05) is 0 Å². The second-order valence-electron chi connectivity index (χ2n) is 9.85. The van der Waals surface area contributed by atoms with Crippen molar-refractivity contribution in [2.24, 2.45) is 0 Å². The van der Waals surface area contributed by atoms with E-state index in [-0.39, 0.29) is 22.3 Å². The van der Waals surface area contributed by atoms with Crippen LogP contribution in [0.5, 0.6) is 0 Å². The number of amides is 4. The molecule has 42 heavy (non-hydrogen) atoms. The summed E-state index contributed by atoms with van der Waals surface area (Å²) in [6, 6.07) is 20.0. The molecule has 202 valence electrons. The summed E-state index contributed by atoms with van der Waals surface area (Å²) in [4.78, 5) is 55.3. The second kappa shape index (κ2) is 9.28. The number of imide groups is 2. The van der Waals surface area contributed by atoms with Crippen LogP contribution in [-0.2, 0) is 0 Å². The highest BCUT2D eigenvalue weighted by Gasteiger charge is 2.39. The van der Waals surface area contributed by atoms with Crippen LogP contribution in [0.1, 0.15) is 46.9 Å². The number of benzene rings is 5. The smallest absolute Gasteiger partial charge is 0.266 e. The number of hydrogen-bond acceptors (Lipinski definition) is 6. The molecule has 0 unspecified atom stereocenters. The first kappa shape index (κ1) is 20.8. The molecule has 2 aliphatic rings. The summed E-state index contributed by atoms with van der Waals surface area (Å²) in [5, 5.41) is 0. The second-order valence-corrected chi connectivity index (χ2v) is 9.85. The van der Waals surface area contributed by atoms with E-state index in [0.29, 0.717) is 32.3 Å². The molecule has 0 saturated carbocycles. The monoisotopic (exact) mass is 554 g/mol. The van der Waals surface area contributed by atoms with Gasteiger partial charge >= 0.3 is 0 Å². The van der Waals surface area contributed by atoms with Gasteiger partial charge in [0.05, 0.1) is 39.1 Å². The van der Waals surface area contributed by atoms with Crippen LogP contribution in [0.25, 0.3) is 22.3 Å². The largest absolute Gasteiger partial charge is 0.399 e. The van der Waals surface area contributed by atoms with Gasteiger partial charge in [0.15, 0.2) is 0 Å². The Hall–Kier alpha value is -6.02. The van der Waals surface area contributed by atoms with E-state index >= 15 is 0 Å². The lowest BCUT2D eigenvalue weighted by Crippen LogP contribution is -2.30. The number of anilines is 4. The normalized spacial score (nSPS) is 15.3. The van der Waals surface area contributed by atoms with Gasteiger partial charge in [-0.25, -0.2) is 9.80 Å². The number of nitrogens with two attached hydrogens (primary N) is 2. The van der Waals surface area contributed by atoms with Crippen LogP contribution < -0.4 is 21.3 Å². The fraction of sp³-hybridized carbons (Fsp3) is 0. The van der Waals surface area contributed by atoms with Crippen molar-refractivity contribution in [3.8, 4) is 22.3 Å². The Morgan fingerprint density at radius 2 is 0.738 bits per heavy atom. The molecule has 0 spiro atoms. The standard InChI is InChI=1S/C34H22N4O4/c35-23-7-1-19(2-8-23)21-5-15-27-29(17-21)33(41)37(31(27)39)25-11-13-26(14-12-25)38-32(40)28-16-6-22(18-30(28)34(38)42)20-3-9-24(36)10-4-20/h1-18H,35-36H2/i11D,12D,13D,14D. The van der Waals surface area contributed by atoms with Crippen molar-refractivity contribution in [1.82, 2.24) is 0 Å². The van der Waals surface area contributed by atoms with Crippen LogP contribution in [0.4, 0.5) is 22.7 Å². The molecule has 2 aliphatic heterocycles. The van der Waals surface area contributed by atoms with Gasteiger partial charge < -0.3 is 11.5 Å². The van der Waals surface area contributed by atoms with E-state index in [4.69, 9.17) is 17.0 Å². The Kier molecular flexibility index (Phi) is 4.60. The van der Waals surface area contributed by atoms with E-state index < -0.39 is 59.2 Å². The first-order valence-corrected chi connectivity index (χ1v) is 12.9. The molecule has 0 saturated heterocycles. The molecule has 0 bridgehead atoms. The molecule has 2 heterocycles. The van der Waals surface area contributed by atoms with Crippen LogP contribution in [0.2, 0.25) is 0 Å². The van der Waals surface area contributed by atoms with Crippen molar-refractivity contribution in [3.63, 3.8) is 0 Å². The lowest BCUT2D eigenvalue weighted by molar-refractivity contribution is 0.0909. The Bertz CT molecular complexity index is 2020. The fourth-order valence-electron chi connectivity index (χ4n) is 5.12. The van der Waals surface area contributed by atoms with Gasteiger partial charge in [0.1, 0.15) is 0 Å². The number of fused-ring (bicyclic) bond motifs is 2. The molecule has 8 nitrogen and oxygen atoms in total. The first-order valence-electron chi connectivity index (χ1n) is 14.9. The third-order valence-electron chi connectivity index (χ3n) is 7.31. The van der Waals surface area contributed by atoms with Crippen molar-refractivity contribution in [2.45, 2.75) is 0 Å². The maximum absolute atomic E-state index is 13.6. The third kappa shape index (κ3) is 3.85. The molecule has 0 radical (unpaired) electrons. The third-order valence-corrected chi connectivity index (χ3v) is 7.31. The van der Waals surface area contributed by atoms with Crippen LogP contribution in [0.15, 0.2) is 109 Å². The number of hydrogen-bond donors (Lipinski definition) is 2. The highest BCUT2D eigenvalue weighted by molar-refractivity contribution is 6.36. The van der Waals surface area contributed by atoms with Crippen LogP contribution >= 0.6 is 0 Å². The predicted octanol–water partition coefficient (Wildman–Crippen LogP) is 5.79. The molecule has 4 amide bonds. The van der Waals surface area contributed by atoms with Gasteiger partial charge in [0, 0.05) is 11.4 Å². The van der Waals surface area contributed by atoms with Gasteiger partial charge in [-0.2, -0.15) is 0 Å². The molecule has 7 rings (SSSR count). The van der Waals surface area contributed by atoms with Gasteiger partial charge in [0.25, 0.3) is 23.6 Å². The topological polar surface area (TPSA) is 127 Å². The quantitative estimate of drug-likeness (QED) is 0.214. The SMILES string of the molecule is [2H]c1c([2H])c(N2C(=O)c3ccc(-c4ccc(N)cc4)cc3C2=O)c([2H])c([2H])c1N1C(=O)c2ccc(-c3ccc(N)cc3)cc2C1=O. The highest BCUT2D eigenvalue weighted by Crippen LogP contribution is 2.35. The zero-order valence-corrected chi connectivity index (χ0v) is 21.8. The minimum atomic E-state index is -0.832. The number of rotatable bonds is 4. The van der Waals surface area contributed by atoms with Gasteiger partial charge in [-0.05, 0) is 95.0 Å². The van der Waals surface area contributed by atoms with E-state index in [2.05, 4.69) is 0 Å². The summed E-state index contributed by atoms with van der Waals surface area (Å²) in [5.74, 6) is -3.31. The minimum absolute atomic E-state index is 0.0255. The summed E-state index contributed by atoms with van der Waals surface area (Å²) < 4.78 is 34.9. The zero-order chi connectivity index (χ0) is 32.6. The Labute approximate surface area is 246 Å². The van der Waals surface area contributed by atoms with Gasteiger partial charge in [-0.3, -0.25) is 19.2 Å². The molecular weight excluding hydrogens is 528 g/mol. The summed E-state index contributed by atoms with van der Waals surface area (Å²) in [6.45, 7) is 0. The molecule has 0 aromatic heterocycles. The van der Waals surface area contributed by atoms with Crippen molar-refractivity contribution in [3.05, 3.63) is 131 Å². The molecule has 5 aromatic rings. The number of carbonyl (C=O) groups is 4. The summed E-state index contributed by atoms with van der Waals surface area (Å²) in [6.07, 6.45) is 0. The van der Waals surface area contributed by atoms with E-state index in [1.54, 1.807) is 60.7 Å². The van der Waals surface area contributed by atoms with Crippen molar-refractivity contribution in [2.75, 3.05) is 21.3 Å². The van der Waals surface area contributed by atoms with Gasteiger partial charge in [0.2, 0.25) is 0 Å². The zero-order valence-electron chi connectivity index (χ0n) is 25.8. The van der Waals surface area contributed by atoms with E-state index in [0.717, 1.165) is 11.1 Å². The average Bonchev–Trinajstić information content (AvgIpc) is 3.45. The minimum Gasteiger partial charge on any atom is -0.399 e. The highest BCUT2D eigenvalue weighted by atomic mass is 16.2. The molecule has 0 aliphatic carbocycles. The van der Waals surface area contributed by atoms with Gasteiger partial charge in [-0.15, -0.1) is 0 Å². The Morgan fingerprint density at radius 1 is 0.429 bits per heavy atom. The number of nitrogens with zero attached hydrogens (tertiary/aromatic N) is 2. The summed E-state index contributed by atoms with van der Waals surface area (Å²) in [5.41, 5.74) is 14.3. The van der Waals surface area contributed by atoms with Crippen molar-refractivity contribution >= 4 is 46.4 Å². The average molecular weight is 555 g/mol. The van der Waals surface area contributed by atoms with Crippen LogP contribution in [-0.4, -0.2) is 23.6 Å². The lowest BCUT2D eigenvalue weighted by atomic mass is 10.00. The van der Waals surface area contributed by atoms with Crippen molar-refractivity contribution < 1.29 is 24.7 Å². The number of carbonyl (C=O) groups excluding carboxylic acids is 4. The van der Waals surface area contributed by atoms with Crippen LogP contribution in [0.3, 0.4) is 0 Å². The molecular formula is C34H22N4O4. The fourth-order valence-corrected chi connectivity index (χ4v) is 5.12. The van der Waals surface area contributed by atoms with Crippen LogP contribution in [0, 0.1) is 0 Å². The summed E-state index contributed by atoms with van der Waals surface area (Å²) >= 11 is 0. The predicted molar refractivity (Wildman–Crippen MR) is 161 cm³/mol.